The van der Waals surface area contributed by atoms with Crippen molar-refractivity contribution in [2.45, 2.75) is 91.5 Å². The van der Waals surface area contributed by atoms with Crippen molar-refractivity contribution in [3.05, 3.63) is 64.2 Å². The normalized spacial score (nSPS) is 17.4. The summed E-state index contributed by atoms with van der Waals surface area (Å²) in [5.41, 5.74) is 12.8. The Hall–Kier alpha value is -1.80. The van der Waals surface area contributed by atoms with Gasteiger partial charge in [0.2, 0.25) is 0 Å². The highest BCUT2D eigenvalue weighted by molar-refractivity contribution is 5.62. The van der Waals surface area contributed by atoms with Gasteiger partial charge in [0.15, 0.2) is 0 Å². The first-order valence-corrected chi connectivity index (χ1v) is 11.5. The molecule has 0 aliphatic carbocycles. The maximum Gasteiger partial charge on any atom is 0.0589 e. The van der Waals surface area contributed by atoms with Gasteiger partial charge in [0.1, 0.15) is 0 Å². The number of anilines is 1. The van der Waals surface area contributed by atoms with Gasteiger partial charge < -0.3 is 5.01 Å². The van der Waals surface area contributed by atoms with Crippen molar-refractivity contribution in [2.24, 2.45) is 0 Å². The zero-order chi connectivity index (χ0) is 21.3. The van der Waals surface area contributed by atoms with Crippen molar-refractivity contribution < 1.29 is 0 Å². The number of hydrogen-bond acceptors (Lipinski definition) is 2. The third-order valence-corrected chi connectivity index (χ3v) is 6.33. The summed E-state index contributed by atoms with van der Waals surface area (Å²) in [5, 5.41) is 2.45. The molecule has 158 valence electrons. The van der Waals surface area contributed by atoms with Gasteiger partial charge in [-0.1, -0.05) is 91.8 Å². The molecular formula is C27H40N2. The molecule has 1 saturated heterocycles. The molecule has 2 aromatic carbocycles. The lowest BCUT2D eigenvalue weighted by atomic mass is 9.84. The monoisotopic (exact) mass is 392 g/mol. The Kier molecular flexibility index (Phi) is 6.73. The van der Waals surface area contributed by atoms with Gasteiger partial charge in [-0.2, -0.15) is 0 Å². The van der Waals surface area contributed by atoms with Crippen LogP contribution < -0.4 is 10.4 Å². The molecule has 2 nitrogen and oxygen atoms in total. The molecule has 1 atom stereocenters. The molecule has 1 N–H and O–H groups in total. The Labute approximate surface area is 178 Å². The fourth-order valence-electron chi connectivity index (χ4n) is 4.80. The summed E-state index contributed by atoms with van der Waals surface area (Å²) in [5.74, 6) is 2.10. The van der Waals surface area contributed by atoms with Crippen molar-refractivity contribution in [1.29, 1.82) is 0 Å². The molecule has 1 unspecified atom stereocenters. The number of benzene rings is 2. The minimum atomic E-state index is 0.381. The first kappa shape index (κ1) is 21.9. The van der Waals surface area contributed by atoms with E-state index in [0.717, 1.165) is 13.0 Å². The first-order valence-electron chi connectivity index (χ1n) is 11.5. The van der Waals surface area contributed by atoms with Gasteiger partial charge in [-0.25, -0.2) is 5.43 Å². The molecule has 0 radical (unpaired) electrons. The maximum absolute atomic E-state index is 3.94. The SMILES string of the molecule is CC(C)c1cccc(C(C)C)c1C1CCN(c2c(C(C)C)cccc2C(C)C)N1. The van der Waals surface area contributed by atoms with Crippen LogP contribution in [0.3, 0.4) is 0 Å². The fraction of sp³-hybridized carbons (Fsp3) is 0.556. The Morgan fingerprint density at radius 2 is 1.10 bits per heavy atom. The number of nitrogens with one attached hydrogen (secondary N) is 1. The number of nitrogens with zero attached hydrogens (tertiary/aromatic N) is 1. The third kappa shape index (κ3) is 4.38. The van der Waals surface area contributed by atoms with Gasteiger partial charge in [-0.3, -0.25) is 0 Å². The van der Waals surface area contributed by atoms with E-state index >= 15 is 0 Å². The molecule has 0 saturated carbocycles. The average molecular weight is 393 g/mol. The standard InChI is InChI=1S/C27H40N2/c1-17(2)21-11-9-12-22(18(3)4)26(21)25-15-16-29(28-25)27-23(19(5)6)13-10-14-24(27)20(7)8/h9-14,17-20,25,28H,15-16H2,1-8H3. The average Bonchev–Trinajstić information content (AvgIpc) is 3.15. The highest BCUT2D eigenvalue weighted by atomic mass is 15.5. The Morgan fingerprint density at radius 1 is 0.690 bits per heavy atom. The molecule has 0 bridgehead atoms. The molecular weight excluding hydrogens is 352 g/mol. The van der Waals surface area contributed by atoms with Gasteiger partial charge in [0.05, 0.1) is 11.7 Å². The van der Waals surface area contributed by atoms with Crippen molar-refractivity contribution >= 4 is 5.69 Å². The number of para-hydroxylation sites is 1. The summed E-state index contributed by atoms with van der Waals surface area (Å²) in [4.78, 5) is 0. The summed E-state index contributed by atoms with van der Waals surface area (Å²) in [7, 11) is 0. The van der Waals surface area contributed by atoms with Crippen LogP contribution in [0.5, 0.6) is 0 Å². The number of rotatable bonds is 6. The lowest BCUT2D eigenvalue weighted by Crippen LogP contribution is -2.34. The van der Waals surface area contributed by atoms with Crippen molar-refractivity contribution in [3.8, 4) is 0 Å². The van der Waals surface area contributed by atoms with Crippen molar-refractivity contribution in [3.63, 3.8) is 0 Å². The molecule has 1 aliphatic rings. The summed E-state index contributed by atoms with van der Waals surface area (Å²) in [6, 6.07) is 14.1. The van der Waals surface area contributed by atoms with Crippen molar-refractivity contribution in [1.82, 2.24) is 5.43 Å². The lowest BCUT2D eigenvalue weighted by molar-refractivity contribution is 0.599. The number of hydrogen-bond donors (Lipinski definition) is 1. The van der Waals surface area contributed by atoms with Crippen LogP contribution in [0.1, 0.15) is 119 Å². The van der Waals surface area contributed by atoms with E-state index < -0.39 is 0 Å². The molecule has 29 heavy (non-hydrogen) atoms. The highest BCUT2D eigenvalue weighted by Crippen LogP contribution is 2.40. The van der Waals surface area contributed by atoms with E-state index in [1.807, 2.05) is 0 Å². The predicted molar refractivity (Wildman–Crippen MR) is 127 cm³/mol. The summed E-state index contributed by atoms with van der Waals surface area (Å²) in [6.45, 7) is 19.6. The van der Waals surface area contributed by atoms with Crippen LogP contribution in [0.2, 0.25) is 0 Å². The molecule has 3 rings (SSSR count). The maximum atomic E-state index is 3.94. The van der Waals surface area contributed by atoms with E-state index in [4.69, 9.17) is 0 Å². The minimum absolute atomic E-state index is 0.381. The Morgan fingerprint density at radius 3 is 1.52 bits per heavy atom. The van der Waals surface area contributed by atoms with E-state index in [9.17, 15) is 0 Å². The van der Waals surface area contributed by atoms with Gasteiger partial charge in [0, 0.05) is 6.54 Å². The molecule has 0 spiro atoms. The zero-order valence-electron chi connectivity index (χ0n) is 19.7. The highest BCUT2D eigenvalue weighted by Gasteiger charge is 2.31. The second-order valence-corrected chi connectivity index (χ2v) is 9.88. The van der Waals surface area contributed by atoms with E-state index in [1.54, 1.807) is 0 Å². The van der Waals surface area contributed by atoms with Gasteiger partial charge in [0.25, 0.3) is 0 Å². The van der Waals surface area contributed by atoms with Crippen LogP contribution in [0.4, 0.5) is 5.69 Å². The summed E-state index contributed by atoms with van der Waals surface area (Å²) in [6.07, 6.45) is 1.15. The van der Waals surface area contributed by atoms with Crippen LogP contribution in [0, 0.1) is 0 Å². The van der Waals surface area contributed by atoms with E-state index in [-0.39, 0.29) is 0 Å². The van der Waals surface area contributed by atoms with Gasteiger partial charge in [-0.05, 0) is 57.9 Å². The lowest BCUT2D eigenvalue weighted by Gasteiger charge is -2.30. The van der Waals surface area contributed by atoms with E-state index in [0.29, 0.717) is 29.7 Å². The fourth-order valence-corrected chi connectivity index (χ4v) is 4.80. The molecule has 2 heteroatoms. The van der Waals surface area contributed by atoms with E-state index in [1.165, 1.54) is 33.5 Å². The van der Waals surface area contributed by atoms with Gasteiger partial charge in [-0.15, -0.1) is 0 Å². The smallest absolute Gasteiger partial charge is 0.0589 e. The molecule has 1 aliphatic heterocycles. The first-order chi connectivity index (χ1) is 13.7. The van der Waals surface area contributed by atoms with E-state index in [2.05, 4.69) is 102 Å². The minimum Gasteiger partial charge on any atom is -0.307 e. The largest absolute Gasteiger partial charge is 0.307 e. The van der Waals surface area contributed by atoms with Crippen LogP contribution in [0.25, 0.3) is 0 Å². The number of hydrazine groups is 1. The summed E-state index contributed by atoms with van der Waals surface area (Å²) >= 11 is 0. The predicted octanol–water partition coefficient (Wildman–Crippen LogP) is 7.64. The second-order valence-electron chi connectivity index (χ2n) is 9.88. The van der Waals surface area contributed by atoms with Crippen molar-refractivity contribution in [2.75, 3.05) is 11.6 Å². The molecule has 1 heterocycles. The van der Waals surface area contributed by atoms with Crippen LogP contribution >= 0.6 is 0 Å². The molecule has 0 aromatic heterocycles. The van der Waals surface area contributed by atoms with Crippen LogP contribution in [0.15, 0.2) is 36.4 Å². The van der Waals surface area contributed by atoms with Gasteiger partial charge >= 0.3 is 0 Å². The zero-order valence-corrected chi connectivity index (χ0v) is 19.7. The Bertz CT molecular complexity index is 710. The summed E-state index contributed by atoms with van der Waals surface area (Å²) < 4.78 is 0. The third-order valence-electron chi connectivity index (χ3n) is 6.33. The second kappa shape index (κ2) is 8.92. The quantitative estimate of drug-likeness (QED) is 0.543. The molecule has 2 aromatic rings. The van der Waals surface area contributed by atoms with Crippen LogP contribution in [-0.4, -0.2) is 6.54 Å². The van der Waals surface area contributed by atoms with Crippen LogP contribution in [-0.2, 0) is 0 Å². The molecule has 1 fully saturated rings. The molecule has 0 amide bonds. The Balaban J connectivity index is 2.03. The topological polar surface area (TPSA) is 15.3 Å².